The first-order valence-electron chi connectivity index (χ1n) is 10.2. The molecule has 7 aromatic rings. The van der Waals surface area contributed by atoms with Crippen molar-refractivity contribution < 1.29 is 0 Å². The third kappa shape index (κ3) is 2.02. The lowest BCUT2D eigenvalue weighted by molar-refractivity contribution is 1.02. The quantitative estimate of drug-likeness (QED) is 0.354. The Kier molecular flexibility index (Phi) is 3.02. The van der Waals surface area contributed by atoms with Crippen LogP contribution in [-0.2, 0) is 0 Å². The van der Waals surface area contributed by atoms with Gasteiger partial charge in [0, 0.05) is 16.2 Å². The molecule has 5 heteroatoms. The van der Waals surface area contributed by atoms with Crippen molar-refractivity contribution in [3.8, 4) is 5.69 Å². The molecule has 0 unspecified atom stereocenters. The van der Waals surface area contributed by atoms with Crippen LogP contribution in [0.1, 0.15) is 5.56 Å². The lowest BCUT2D eigenvalue weighted by Crippen LogP contribution is -2.14. The van der Waals surface area contributed by atoms with Crippen LogP contribution in [0, 0.1) is 6.92 Å². The van der Waals surface area contributed by atoms with Crippen molar-refractivity contribution in [3.05, 3.63) is 94.8 Å². The second-order valence-electron chi connectivity index (χ2n) is 7.96. The number of nitrogens with zero attached hydrogens (tertiary/aromatic N) is 4. The molecule has 0 saturated carbocycles. The van der Waals surface area contributed by atoms with Crippen molar-refractivity contribution in [1.82, 2.24) is 18.9 Å². The number of hydrogen-bond acceptors (Lipinski definition) is 3. The topological polar surface area (TPSA) is 52.2 Å². The molecule has 5 nitrogen and oxygen atoms in total. The van der Waals surface area contributed by atoms with Gasteiger partial charge in [0.1, 0.15) is 5.52 Å². The maximum atomic E-state index is 13.8. The lowest BCUT2D eigenvalue weighted by Gasteiger charge is -2.10. The third-order valence-corrected chi connectivity index (χ3v) is 6.21. The van der Waals surface area contributed by atoms with Crippen LogP contribution in [0.5, 0.6) is 0 Å². The van der Waals surface area contributed by atoms with Crippen LogP contribution < -0.4 is 5.56 Å². The fraction of sp³-hybridized carbons (Fsp3) is 0.0385. The molecule has 0 atom stereocenters. The zero-order chi connectivity index (χ0) is 20.7. The summed E-state index contributed by atoms with van der Waals surface area (Å²) in [6.07, 6.45) is 0. The smallest absolute Gasteiger partial charge is 0.272 e. The molecule has 146 valence electrons. The summed E-state index contributed by atoms with van der Waals surface area (Å²) >= 11 is 0. The summed E-state index contributed by atoms with van der Waals surface area (Å²) in [6.45, 7) is 2.01. The number of fused-ring (bicyclic) bond motifs is 6. The Morgan fingerprint density at radius 1 is 0.742 bits per heavy atom. The van der Waals surface area contributed by atoms with Crippen LogP contribution in [0.2, 0.25) is 0 Å². The maximum absolute atomic E-state index is 13.8. The summed E-state index contributed by atoms with van der Waals surface area (Å²) in [7, 11) is 0. The van der Waals surface area contributed by atoms with Crippen LogP contribution in [0.3, 0.4) is 0 Å². The zero-order valence-corrected chi connectivity index (χ0v) is 16.7. The predicted molar refractivity (Wildman–Crippen MR) is 125 cm³/mol. The molecule has 0 saturated heterocycles. The number of aryl methyl sites for hydroxylation is 1. The molecule has 0 aliphatic carbocycles. The van der Waals surface area contributed by atoms with Gasteiger partial charge in [0.05, 0.1) is 27.8 Å². The van der Waals surface area contributed by atoms with Crippen molar-refractivity contribution in [2.75, 3.05) is 0 Å². The van der Waals surface area contributed by atoms with Crippen LogP contribution in [0.4, 0.5) is 0 Å². The van der Waals surface area contributed by atoms with Gasteiger partial charge in [-0.3, -0.25) is 9.20 Å². The summed E-state index contributed by atoms with van der Waals surface area (Å²) in [5.74, 6) is 0.608. The number of pyridine rings is 1. The minimum atomic E-state index is -0.0747. The molecule has 0 aliphatic heterocycles. The minimum absolute atomic E-state index is 0.0747. The van der Waals surface area contributed by atoms with E-state index in [9.17, 15) is 4.79 Å². The van der Waals surface area contributed by atoms with Crippen molar-refractivity contribution in [3.63, 3.8) is 0 Å². The highest BCUT2D eigenvalue weighted by molar-refractivity contribution is 6.18. The third-order valence-electron chi connectivity index (χ3n) is 6.21. The highest BCUT2D eigenvalue weighted by Gasteiger charge is 2.22. The van der Waals surface area contributed by atoms with Crippen LogP contribution >= 0.6 is 0 Å². The first-order valence-corrected chi connectivity index (χ1v) is 10.2. The van der Waals surface area contributed by atoms with Gasteiger partial charge in [0.2, 0.25) is 5.78 Å². The Labute approximate surface area is 176 Å². The van der Waals surface area contributed by atoms with E-state index in [4.69, 9.17) is 9.97 Å². The highest BCUT2D eigenvalue weighted by atomic mass is 16.1. The van der Waals surface area contributed by atoms with Crippen molar-refractivity contribution in [1.29, 1.82) is 0 Å². The van der Waals surface area contributed by atoms with Crippen molar-refractivity contribution in [2.45, 2.75) is 6.92 Å². The second kappa shape index (κ2) is 5.67. The molecule has 31 heavy (non-hydrogen) atoms. The summed E-state index contributed by atoms with van der Waals surface area (Å²) in [5, 5.41) is 3.04. The summed E-state index contributed by atoms with van der Waals surface area (Å²) < 4.78 is 3.70. The van der Waals surface area contributed by atoms with E-state index in [1.54, 1.807) is 4.57 Å². The molecule has 7 rings (SSSR count). The molecule has 4 heterocycles. The molecule has 0 aliphatic rings. The van der Waals surface area contributed by atoms with Crippen molar-refractivity contribution in [2.24, 2.45) is 0 Å². The molecule has 0 radical (unpaired) electrons. The Morgan fingerprint density at radius 2 is 1.42 bits per heavy atom. The lowest BCUT2D eigenvalue weighted by atomic mass is 10.1. The monoisotopic (exact) mass is 400 g/mol. The highest BCUT2D eigenvalue weighted by Crippen LogP contribution is 2.34. The molecule has 0 N–H and O–H groups in total. The Balaban J connectivity index is 1.84. The fourth-order valence-corrected chi connectivity index (χ4v) is 4.79. The van der Waals surface area contributed by atoms with Gasteiger partial charge < -0.3 is 0 Å². The van der Waals surface area contributed by atoms with Crippen LogP contribution in [0.25, 0.3) is 55.2 Å². The first-order chi connectivity index (χ1) is 15.2. The van der Waals surface area contributed by atoms with Gasteiger partial charge in [-0.25, -0.2) is 14.5 Å². The van der Waals surface area contributed by atoms with Crippen molar-refractivity contribution >= 4 is 49.5 Å². The van der Waals surface area contributed by atoms with E-state index in [0.29, 0.717) is 11.3 Å². The maximum Gasteiger partial charge on any atom is 0.282 e. The Bertz CT molecular complexity index is 1880. The molecule has 0 fully saturated rings. The molecule has 0 amide bonds. The molecule has 4 aromatic heterocycles. The van der Waals surface area contributed by atoms with E-state index in [0.717, 1.165) is 49.5 Å². The van der Waals surface area contributed by atoms with Gasteiger partial charge in [-0.1, -0.05) is 54.6 Å². The Hall–Kier alpha value is -4.25. The number of imidazole rings is 1. The van der Waals surface area contributed by atoms with Gasteiger partial charge >= 0.3 is 0 Å². The fourth-order valence-electron chi connectivity index (χ4n) is 4.79. The molecular formula is C26H16N4O. The molecule has 0 bridgehead atoms. The number of hydrogen-bond donors (Lipinski definition) is 0. The van der Waals surface area contributed by atoms with E-state index in [1.165, 1.54) is 0 Å². The first kappa shape index (κ1) is 16.5. The molecular weight excluding hydrogens is 384 g/mol. The molecule has 3 aromatic carbocycles. The number of rotatable bonds is 1. The molecule has 0 spiro atoms. The normalized spacial score (nSPS) is 12.2. The van der Waals surface area contributed by atoms with Crippen LogP contribution in [0.15, 0.2) is 83.7 Å². The van der Waals surface area contributed by atoms with E-state index in [1.807, 2.05) is 78.1 Å². The van der Waals surface area contributed by atoms with Crippen LogP contribution in [-0.4, -0.2) is 18.9 Å². The van der Waals surface area contributed by atoms with Gasteiger partial charge in [0.15, 0.2) is 0 Å². The van der Waals surface area contributed by atoms with E-state index in [2.05, 4.69) is 12.1 Å². The second-order valence-corrected chi connectivity index (χ2v) is 7.96. The number of para-hydroxylation sites is 3. The van der Waals surface area contributed by atoms with E-state index in [-0.39, 0.29) is 5.56 Å². The predicted octanol–water partition coefficient (Wildman–Crippen LogP) is 5.24. The van der Waals surface area contributed by atoms with E-state index < -0.39 is 0 Å². The van der Waals surface area contributed by atoms with Gasteiger partial charge in [-0.05, 0) is 36.8 Å². The minimum Gasteiger partial charge on any atom is -0.272 e. The standard InChI is InChI=1S/C26H16N4O/c1-15-8-2-7-13-21(15)30-25(31)22-14-18-16-9-3-5-11-19(16)27-23(18)24-17-10-4-6-12-20(17)28-26(30)29(22)24/h2-14H,1H3. The largest absolute Gasteiger partial charge is 0.282 e. The summed E-state index contributed by atoms with van der Waals surface area (Å²) in [4.78, 5) is 23.6. The number of benzene rings is 3. The average Bonchev–Trinajstić information content (AvgIpc) is 3.30. The van der Waals surface area contributed by atoms with Gasteiger partial charge in [-0.2, -0.15) is 0 Å². The number of aromatic nitrogens is 4. The summed E-state index contributed by atoms with van der Waals surface area (Å²) in [6, 6.07) is 26.0. The summed E-state index contributed by atoms with van der Waals surface area (Å²) in [5.41, 5.74) is 6.00. The van der Waals surface area contributed by atoms with E-state index >= 15 is 0 Å². The Morgan fingerprint density at radius 3 is 2.23 bits per heavy atom. The average molecular weight is 400 g/mol. The zero-order valence-electron chi connectivity index (χ0n) is 16.7. The van der Waals surface area contributed by atoms with Gasteiger partial charge in [-0.15, -0.1) is 0 Å². The SMILES string of the molecule is Cc1ccccc1-n1c(=O)c2cc3c4ccccc4nc3c3c4ccccc4nc1n23. The van der Waals surface area contributed by atoms with Gasteiger partial charge in [0.25, 0.3) is 5.56 Å².